The SMILES string of the molecule is CC(C)c1sc(C(=O)C[C@H](C(C)C)N(C)C(=O)O)nc1CO[Si](C)(C)C(C)(C)C. The largest absolute Gasteiger partial charge is 0.465 e. The molecule has 29 heavy (non-hydrogen) atoms. The Morgan fingerprint density at radius 1 is 1.21 bits per heavy atom. The van der Waals surface area contributed by atoms with Crippen molar-refractivity contribution in [3.8, 4) is 0 Å². The number of amides is 1. The first-order valence-electron chi connectivity index (χ1n) is 10.2. The lowest BCUT2D eigenvalue weighted by molar-refractivity contribution is 0.0885. The van der Waals surface area contributed by atoms with Gasteiger partial charge < -0.3 is 14.4 Å². The molecule has 0 spiro atoms. The summed E-state index contributed by atoms with van der Waals surface area (Å²) in [5.41, 5.74) is 0.839. The van der Waals surface area contributed by atoms with Crippen molar-refractivity contribution >= 4 is 31.5 Å². The number of Topliss-reactive ketones (excluding diaryl/α,β-unsaturated/α-hetero) is 1. The van der Waals surface area contributed by atoms with Gasteiger partial charge in [0.05, 0.1) is 12.3 Å². The maximum absolute atomic E-state index is 12.9. The third-order valence-electron chi connectivity index (χ3n) is 5.83. The zero-order valence-electron chi connectivity index (χ0n) is 19.6. The lowest BCUT2D eigenvalue weighted by atomic mass is 9.97. The third kappa shape index (κ3) is 6.62. The molecule has 8 heteroatoms. The van der Waals surface area contributed by atoms with Crippen LogP contribution in [0.2, 0.25) is 18.1 Å². The summed E-state index contributed by atoms with van der Waals surface area (Å²) in [5.74, 6) is 0.169. The molecule has 1 aromatic heterocycles. The van der Waals surface area contributed by atoms with Crippen LogP contribution in [0.15, 0.2) is 0 Å². The fourth-order valence-electron chi connectivity index (χ4n) is 2.74. The van der Waals surface area contributed by atoms with Crippen LogP contribution in [0.4, 0.5) is 4.79 Å². The van der Waals surface area contributed by atoms with Gasteiger partial charge in [-0.1, -0.05) is 48.5 Å². The average Bonchev–Trinajstić information content (AvgIpc) is 3.00. The summed E-state index contributed by atoms with van der Waals surface area (Å²) in [6.45, 7) is 19.5. The molecule has 166 valence electrons. The summed E-state index contributed by atoms with van der Waals surface area (Å²) >= 11 is 1.42. The molecule has 1 aromatic rings. The first kappa shape index (κ1) is 25.8. The van der Waals surface area contributed by atoms with E-state index in [4.69, 9.17) is 4.43 Å². The van der Waals surface area contributed by atoms with E-state index in [-0.39, 0.29) is 35.1 Å². The molecule has 0 unspecified atom stereocenters. The number of hydrogen-bond acceptors (Lipinski definition) is 5. The normalized spacial score (nSPS) is 13.8. The van der Waals surface area contributed by atoms with Crippen molar-refractivity contribution in [2.75, 3.05) is 7.05 Å². The summed E-state index contributed by atoms with van der Waals surface area (Å²) in [4.78, 5) is 31.2. The first-order valence-corrected chi connectivity index (χ1v) is 13.9. The fraction of sp³-hybridized carbons (Fsp3) is 0.762. The number of ketones is 1. The number of aromatic nitrogens is 1. The van der Waals surface area contributed by atoms with E-state index in [0.29, 0.717) is 11.6 Å². The number of hydrogen-bond donors (Lipinski definition) is 1. The summed E-state index contributed by atoms with van der Waals surface area (Å²) in [6.07, 6.45) is -0.893. The van der Waals surface area contributed by atoms with Crippen LogP contribution in [0.5, 0.6) is 0 Å². The van der Waals surface area contributed by atoms with Crippen molar-refractivity contribution in [3.63, 3.8) is 0 Å². The van der Waals surface area contributed by atoms with E-state index in [2.05, 4.69) is 52.7 Å². The molecule has 1 amide bonds. The Labute approximate surface area is 180 Å². The summed E-state index contributed by atoms with van der Waals surface area (Å²) < 4.78 is 6.34. The number of nitrogens with zero attached hydrogens (tertiary/aromatic N) is 2. The molecule has 1 atom stereocenters. The highest BCUT2D eigenvalue weighted by Crippen LogP contribution is 2.38. The van der Waals surface area contributed by atoms with E-state index < -0.39 is 14.4 Å². The Bertz CT molecular complexity index is 723. The van der Waals surface area contributed by atoms with Gasteiger partial charge >= 0.3 is 6.09 Å². The van der Waals surface area contributed by atoms with Crippen molar-refractivity contribution < 1.29 is 19.1 Å². The van der Waals surface area contributed by atoms with Crippen LogP contribution in [0.3, 0.4) is 0 Å². The standard InChI is InChI=1S/C21H38N2O4SSi/c1-13(2)16(23(8)20(25)26)11-17(24)19-22-15(18(28-19)14(3)4)12-27-29(9,10)21(5,6)7/h13-14,16H,11-12H2,1-10H3,(H,25,26)/t16-/m1/s1. The second kappa shape index (κ2) is 9.70. The number of carbonyl (C=O) groups excluding carboxylic acids is 1. The molecule has 0 aliphatic heterocycles. The van der Waals surface area contributed by atoms with Crippen LogP contribution in [0.1, 0.15) is 81.2 Å². The Morgan fingerprint density at radius 3 is 2.17 bits per heavy atom. The van der Waals surface area contributed by atoms with Crippen LogP contribution in [0.25, 0.3) is 0 Å². The lowest BCUT2D eigenvalue weighted by Crippen LogP contribution is -2.41. The second-order valence-corrected chi connectivity index (χ2v) is 15.7. The summed E-state index contributed by atoms with van der Waals surface area (Å²) in [6, 6.07) is -0.377. The van der Waals surface area contributed by atoms with Crippen molar-refractivity contribution in [1.29, 1.82) is 0 Å². The molecular formula is C21H38N2O4SSi. The van der Waals surface area contributed by atoms with Crippen LogP contribution >= 0.6 is 11.3 Å². The molecule has 0 saturated heterocycles. The molecule has 0 aliphatic carbocycles. The van der Waals surface area contributed by atoms with Crippen LogP contribution in [-0.4, -0.2) is 48.3 Å². The predicted octanol–water partition coefficient (Wildman–Crippen LogP) is 6.00. The van der Waals surface area contributed by atoms with E-state index in [1.54, 1.807) is 0 Å². The van der Waals surface area contributed by atoms with Crippen molar-refractivity contribution in [1.82, 2.24) is 9.88 Å². The monoisotopic (exact) mass is 442 g/mol. The van der Waals surface area contributed by atoms with Crippen LogP contribution in [0, 0.1) is 5.92 Å². The van der Waals surface area contributed by atoms with E-state index in [0.717, 1.165) is 10.6 Å². The van der Waals surface area contributed by atoms with Gasteiger partial charge in [0.15, 0.2) is 19.1 Å². The Kier molecular flexibility index (Phi) is 8.63. The zero-order valence-corrected chi connectivity index (χ0v) is 21.4. The Balaban J connectivity index is 3.08. The van der Waals surface area contributed by atoms with Gasteiger partial charge in [0, 0.05) is 24.4 Å². The summed E-state index contributed by atoms with van der Waals surface area (Å²) in [7, 11) is -0.410. The van der Waals surface area contributed by atoms with Gasteiger partial charge in [0.1, 0.15) is 0 Å². The molecule has 0 aliphatic rings. The Hall–Kier alpha value is -1.25. The maximum atomic E-state index is 12.9. The quantitative estimate of drug-likeness (QED) is 0.375. The van der Waals surface area contributed by atoms with Crippen molar-refractivity contribution in [3.05, 3.63) is 15.6 Å². The highest BCUT2D eigenvalue weighted by atomic mass is 32.1. The summed E-state index contributed by atoms with van der Waals surface area (Å²) in [5, 5.41) is 9.86. The molecule has 0 aromatic carbocycles. The van der Waals surface area contributed by atoms with Gasteiger partial charge in [-0.05, 0) is 30.0 Å². The van der Waals surface area contributed by atoms with E-state index in [1.807, 2.05) is 13.8 Å². The minimum Gasteiger partial charge on any atom is -0.465 e. The van der Waals surface area contributed by atoms with Gasteiger partial charge in [-0.2, -0.15) is 0 Å². The molecule has 0 saturated carbocycles. The van der Waals surface area contributed by atoms with Gasteiger partial charge in [-0.15, -0.1) is 11.3 Å². The molecule has 0 bridgehead atoms. The average molecular weight is 443 g/mol. The predicted molar refractivity (Wildman–Crippen MR) is 122 cm³/mol. The molecule has 1 heterocycles. The highest BCUT2D eigenvalue weighted by Gasteiger charge is 2.37. The van der Waals surface area contributed by atoms with Crippen molar-refractivity contribution in [2.24, 2.45) is 5.92 Å². The van der Waals surface area contributed by atoms with Gasteiger partial charge in [-0.3, -0.25) is 4.79 Å². The number of thiazole rings is 1. The van der Waals surface area contributed by atoms with Gasteiger partial charge in [0.25, 0.3) is 0 Å². The fourth-order valence-corrected chi connectivity index (χ4v) is 4.69. The van der Waals surface area contributed by atoms with Crippen molar-refractivity contribution in [2.45, 2.75) is 91.6 Å². The van der Waals surface area contributed by atoms with Gasteiger partial charge in [0.2, 0.25) is 0 Å². The second-order valence-electron chi connectivity index (χ2n) is 9.87. The molecule has 0 fully saturated rings. The molecule has 1 N–H and O–H groups in total. The zero-order chi connectivity index (χ0) is 22.7. The molecule has 6 nitrogen and oxygen atoms in total. The van der Waals surface area contributed by atoms with E-state index in [9.17, 15) is 14.7 Å². The van der Waals surface area contributed by atoms with E-state index in [1.165, 1.54) is 23.3 Å². The minimum absolute atomic E-state index is 0.0333. The minimum atomic E-state index is -1.92. The third-order valence-corrected chi connectivity index (χ3v) is 11.7. The van der Waals surface area contributed by atoms with Gasteiger partial charge in [-0.25, -0.2) is 9.78 Å². The first-order chi connectivity index (χ1) is 13.1. The van der Waals surface area contributed by atoms with E-state index >= 15 is 0 Å². The molecular weight excluding hydrogens is 404 g/mol. The number of carbonyl (C=O) groups is 2. The number of rotatable bonds is 9. The smallest absolute Gasteiger partial charge is 0.407 e. The lowest BCUT2D eigenvalue weighted by Gasteiger charge is -2.36. The highest BCUT2D eigenvalue weighted by molar-refractivity contribution is 7.13. The molecule has 0 radical (unpaired) electrons. The van der Waals surface area contributed by atoms with Crippen LogP contribution < -0.4 is 0 Å². The maximum Gasteiger partial charge on any atom is 0.407 e. The van der Waals surface area contributed by atoms with Crippen LogP contribution in [-0.2, 0) is 11.0 Å². The number of carboxylic acid groups (broad SMARTS) is 1. The Morgan fingerprint density at radius 2 is 1.76 bits per heavy atom. The topological polar surface area (TPSA) is 79.7 Å². The molecule has 1 rings (SSSR count).